The van der Waals surface area contributed by atoms with E-state index >= 15 is 0 Å². The van der Waals surface area contributed by atoms with Crippen LogP contribution in [0.15, 0.2) is 0 Å². The SMILES string of the molecule is CCC(C)C(NC1CCC(O)CC1)C(=O)OC. The molecule has 4 heteroatoms. The van der Waals surface area contributed by atoms with Crippen molar-refractivity contribution in [3.63, 3.8) is 0 Å². The highest BCUT2D eigenvalue weighted by Gasteiger charge is 2.29. The fraction of sp³-hybridized carbons (Fsp3) is 0.923. The van der Waals surface area contributed by atoms with Gasteiger partial charge in [-0.05, 0) is 31.6 Å². The Morgan fingerprint density at radius 1 is 1.41 bits per heavy atom. The van der Waals surface area contributed by atoms with Gasteiger partial charge in [0, 0.05) is 6.04 Å². The lowest BCUT2D eigenvalue weighted by molar-refractivity contribution is -0.144. The van der Waals surface area contributed by atoms with E-state index in [1.165, 1.54) is 7.11 Å². The first-order chi connectivity index (χ1) is 8.08. The number of carbonyl (C=O) groups excluding carboxylic acids is 1. The van der Waals surface area contributed by atoms with E-state index in [1.54, 1.807) is 0 Å². The van der Waals surface area contributed by atoms with Gasteiger partial charge < -0.3 is 15.2 Å². The Balaban J connectivity index is 2.51. The zero-order chi connectivity index (χ0) is 12.8. The maximum Gasteiger partial charge on any atom is 0.323 e. The largest absolute Gasteiger partial charge is 0.468 e. The standard InChI is InChI=1S/C13H25NO3/c1-4-9(2)12(13(16)17-3)14-10-5-7-11(15)8-6-10/h9-12,14-15H,4-8H2,1-3H3. The van der Waals surface area contributed by atoms with Gasteiger partial charge in [0.25, 0.3) is 0 Å². The van der Waals surface area contributed by atoms with Gasteiger partial charge in [0.15, 0.2) is 0 Å². The molecule has 0 radical (unpaired) electrons. The first-order valence-corrected chi connectivity index (χ1v) is 6.60. The molecule has 0 aromatic heterocycles. The molecule has 0 amide bonds. The van der Waals surface area contributed by atoms with Crippen LogP contribution in [0.2, 0.25) is 0 Å². The van der Waals surface area contributed by atoms with Crippen LogP contribution >= 0.6 is 0 Å². The molecule has 0 aromatic rings. The molecule has 0 saturated heterocycles. The van der Waals surface area contributed by atoms with E-state index in [0.717, 1.165) is 32.1 Å². The van der Waals surface area contributed by atoms with Gasteiger partial charge in [-0.25, -0.2) is 0 Å². The van der Waals surface area contributed by atoms with E-state index in [1.807, 2.05) is 0 Å². The Labute approximate surface area is 104 Å². The van der Waals surface area contributed by atoms with Crippen molar-refractivity contribution in [3.8, 4) is 0 Å². The van der Waals surface area contributed by atoms with Crippen LogP contribution in [0, 0.1) is 5.92 Å². The smallest absolute Gasteiger partial charge is 0.323 e. The van der Waals surface area contributed by atoms with Gasteiger partial charge in [0.2, 0.25) is 0 Å². The summed E-state index contributed by atoms with van der Waals surface area (Å²) in [4.78, 5) is 11.7. The van der Waals surface area contributed by atoms with Gasteiger partial charge in [-0.1, -0.05) is 20.3 Å². The normalized spacial score (nSPS) is 28.5. The summed E-state index contributed by atoms with van der Waals surface area (Å²) in [5.41, 5.74) is 0. The molecule has 0 aromatic carbocycles. The van der Waals surface area contributed by atoms with Gasteiger partial charge in [-0.2, -0.15) is 0 Å². The van der Waals surface area contributed by atoms with Crippen LogP contribution in [0.5, 0.6) is 0 Å². The summed E-state index contributed by atoms with van der Waals surface area (Å²) < 4.78 is 4.85. The Morgan fingerprint density at radius 3 is 2.47 bits per heavy atom. The molecule has 1 aliphatic rings. The molecule has 4 nitrogen and oxygen atoms in total. The maximum absolute atomic E-state index is 11.7. The first-order valence-electron chi connectivity index (χ1n) is 6.60. The molecule has 1 aliphatic carbocycles. The van der Waals surface area contributed by atoms with E-state index < -0.39 is 0 Å². The topological polar surface area (TPSA) is 58.6 Å². The molecule has 0 heterocycles. The van der Waals surface area contributed by atoms with Crippen LogP contribution in [-0.2, 0) is 9.53 Å². The number of ether oxygens (including phenoxy) is 1. The average Bonchev–Trinajstić information content (AvgIpc) is 2.36. The van der Waals surface area contributed by atoms with E-state index in [0.29, 0.717) is 6.04 Å². The van der Waals surface area contributed by atoms with Gasteiger partial charge >= 0.3 is 5.97 Å². The Hall–Kier alpha value is -0.610. The summed E-state index contributed by atoms with van der Waals surface area (Å²) in [5.74, 6) is 0.0970. The van der Waals surface area contributed by atoms with Crippen molar-refractivity contribution in [3.05, 3.63) is 0 Å². The summed E-state index contributed by atoms with van der Waals surface area (Å²) in [6.45, 7) is 4.14. The second kappa shape index (κ2) is 6.97. The van der Waals surface area contributed by atoms with Crippen LogP contribution in [0.25, 0.3) is 0 Å². The predicted octanol–water partition coefficient (Wildman–Crippen LogP) is 1.47. The summed E-state index contributed by atoms with van der Waals surface area (Å²) in [5, 5.41) is 12.8. The van der Waals surface area contributed by atoms with E-state index in [2.05, 4.69) is 19.2 Å². The lowest BCUT2D eigenvalue weighted by Gasteiger charge is -2.31. The molecule has 0 spiro atoms. The Morgan fingerprint density at radius 2 is 2.00 bits per heavy atom. The fourth-order valence-electron chi connectivity index (χ4n) is 2.32. The molecule has 100 valence electrons. The van der Waals surface area contributed by atoms with Gasteiger partial charge in [0.05, 0.1) is 13.2 Å². The molecule has 0 bridgehead atoms. The Kier molecular flexibility index (Phi) is 5.92. The average molecular weight is 243 g/mol. The summed E-state index contributed by atoms with van der Waals surface area (Å²) in [6.07, 6.45) is 4.31. The number of methoxy groups -OCH3 is 1. The fourth-order valence-corrected chi connectivity index (χ4v) is 2.32. The summed E-state index contributed by atoms with van der Waals surface area (Å²) >= 11 is 0. The van der Waals surface area contributed by atoms with E-state index in [-0.39, 0.29) is 24.0 Å². The molecule has 17 heavy (non-hydrogen) atoms. The first kappa shape index (κ1) is 14.5. The molecule has 0 aliphatic heterocycles. The van der Waals surface area contributed by atoms with Crippen LogP contribution < -0.4 is 5.32 Å². The number of nitrogens with one attached hydrogen (secondary N) is 1. The van der Waals surface area contributed by atoms with Gasteiger partial charge in [0.1, 0.15) is 6.04 Å². The molecule has 1 rings (SSSR count). The van der Waals surface area contributed by atoms with Crippen LogP contribution in [0.4, 0.5) is 0 Å². The molecule has 2 atom stereocenters. The number of esters is 1. The van der Waals surface area contributed by atoms with E-state index in [9.17, 15) is 9.90 Å². The van der Waals surface area contributed by atoms with E-state index in [4.69, 9.17) is 4.74 Å². The zero-order valence-electron chi connectivity index (χ0n) is 11.1. The zero-order valence-corrected chi connectivity index (χ0v) is 11.1. The third-order valence-electron chi connectivity index (χ3n) is 3.78. The van der Waals surface area contributed by atoms with Crippen molar-refractivity contribution < 1.29 is 14.6 Å². The third-order valence-corrected chi connectivity index (χ3v) is 3.78. The minimum Gasteiger partial charge on any atom is -0.468 e. The monoisotopic (exact) mass is 243 g/mol. The summed E-state index contributed by atoms with van der Waals surface area (Å²) in [6, 6.07) is 0.113. The molecular weight excluding hydrogens is 218 g/mol. The maximum atomic E-state index is 11.7. The highest BCUT2D eigenvalue weighted by atomic mass is 16.5. The van der Waals surface area contributed by atoms with Gasteiger partial charge in [-0.3, -0.25) is 4.79 Å². The number of aliphatic hydroxyl groups is 1. The molecule has 1 saturated carbocycles. The lowest BCUT2D eigenvalue weighted by Crippen LogP contribution is -2.49. The molecular formula is C13H25NO3. The van der Waals surface area contributed by atoms with Crippen LogP contribution in [-0.4, -0.2) is 36.4 Å². The molecule has 1 fully saturated rings. The highest BCUT2D eigenvalue weighted by molar-refractivity contribution is 5.76. The van der Waals surface area contributed by atoms with Crippen LogP contribution in [0.3, 0.4) is 0 Å². The van der Waals surface area contributed by atoms with Crippen molar-refractivity contribution in [1.29, 1.82) is 0 Å². The van der Waals surface area contributed by atoms with Crippen molar-refractivity contribution in [2.45, 2.75) is 64.1 Å². The quantitative estimate of drug-likeness (QED) is 0.718. The minimum atomic E-state index is -0.217. The molecule has 2 unspecified atom stereocenters. The number of carbonyl (C=O) groups is 1. The number of hydrogen-bond donors (Lipinski definition) is 2. The predicted molar refractivity (Wildman–Crippen MR) is 66.7 cm³/mol. The second-order valence-corrected chi connectivity index (χ2v) is 5.06. The molecule has 2 N–H and O–H groups in total. The summed E-state index contributed by atoms with van der Waals surface area (Å²) in [7, 11) is 1.43. The van der Waals surface area contributed by atoms with Gasteiger partial charge in [-0.15, -0.1) is 0 Å². The minimum absolute atomic E-state index is 0.159. The van der Waals surface area contributed by atoms with Crippen molar-refractivity contribution in [2.24, 2.45) is 5.92 Å². The number of rotatable bonds is 5. The Bertz CT molecular complexity index is 237. The lowest BCUT2D eigenvalue weighted by atomic mass is 9.90. The van der Waals surface area contributed by atoms with Crippen LogP contribution in [0.1, 0.15) is 46.0 Å². The van der Waals surface area contributed by atoms with Crippen molar-refractivity contribution in [1.82, 2.24) is 5.32 Å². The second-order valence-electron chi connectivity index (χ2n) is 5.06. The number of aliphatic hydroxyl groups excluding tert-OH is 1. The van der Waals surface area contributed by atoms with Crippen molar-refractivity contribution in [2.75, 3.05) is 7.11 Å². The number of hydrogen-bond acceptors (Lipinski definition) is 4. The third kappa shape index (κ3) is 4.28. The highest BCUT2D eigenvalue weighted by Crippen LogP contribution is 2.20. The van der Waals surface area contributed by atoms with Crippen molar-refractivity contribution >= 4 is 5.97 Å².